The fourth-order valence-corrected chi connectivity index (χ4v) is 4.10. The van der Waals surface area contributed by atoms with Gasteiger partial charge in [-0.15, -0.1) is 0 Å². The van der Waals surface area contributed by atoms with Gasteiger partial charge in [-0.05, 0) is 49.2 Å². The average Bonchev–Trinajstić information content (AvgIpc) is 3.15. The van der Waals surface area contributed by atoms with Gasteiger partial charge in [-0.25, -0.2) is 14.0 Å². The number of hydrogen-bond donors (Lipinski definition) is 1. The number of benzene rings is 2. The first-order valence-corrected chi connectivity index (χ1v) is 10.4. The van der Waals surface area contributed by atoms with Crippen LogP contribution in [0.2, 0.25) is 0 Å². The Kier molecular flexibility index (Phi) is 5.94. The Bertz CT molecular complexity index is 1180. The molecule has 166 valence electrons. The Morgan fingerprint density at radius 2 is 1.72 bits per heavy atom. The first-order valence-electron chi connectivity index (χ1n) is 10.4. The van der Waals surface area contributed by atoms with E-state index in [1.807, 2.05) is 6.07 Å². The van der Waals surface area contributed by atoms with Crippen molar-refractivity contribution in [2.45, 2.75) is 12.8 Å². The Morgan fingerprint density at radius 1 is 1.03 bits per heavy atom. The van der Waals surface area contributed by atoms with Crippen molar-refractivity contribution in [1.82, 2.24) is 9.47 Å². The van der Waals surface area contributed by atoms with Gasteiger partial charge < -0.3 is 19.5 Å². The summed E-state index contributed by atoms with van der Waals surface area (Å²) in [4.78, 5) is 39.1. The van der Waals surface area contributed by atoms with Crippen molar-refractivity contribution in [3.05, 3.63) is 65.6 Å². The molecule has 0 unspecified atom stereocenters. The van der Waals surface area contributed by atoms with Crippen LogP contribution in [0.4, 0.5) is 14.9 Å². The molecule has 4 rings (SSSR count). The highest BCUT2D eigenvalue weighted by Gasteiger charge is 2.28. The second-order valence-electron chi connectivity index (χ2n) is 7.92. The van der Waals surface area contributed by atoms with Gasteiger partial charge in [0.2, 0.25) is 0 Å². The van der Waals surface area contributed by atoms with Crippen LogP contribution < -0.4 is 5.32 Å². The summed E-state index contributed by atoms with van der Waals surface area (Å²) in [6.07, 6.45) is 1.13. The number of nitrogens with one attached hydrogen (secondary N) is 1. The third kappa shape index (κ3) is 4.21. The molecule has 1 N–H and O–H groups in total. The fraction of sp³-hybridized carbons (Fsp3) is 0.292. The van der Waals surface area contributed by atoms with Crippen molar-refractivity contribution in [3.8, 4) is 0 Å². The van der Waals surface area contributed by atoms with E-state index in [0.29, 0.717) is 42.9 Å². The number of ether oxygens (including phenoxy) is 1. The van der Waals surface area contributed by atoms with E-state index in [4.69, 9.17) is 4.74 Å². The number of fused-ring (bicyclic) bond motifs is 1. The van der Waals surface area contributed by atoms with Crippen LogP contribution in [0.3, 0.4) is 0 Å². The lowest BCUT2D eigenvalue weighted by atomic mass is 9.88. The summed E-state index contributed by atoms with van der Waals surface area (Å²) in [5, 5.41) is 3.61. The van der Waals surface area contributed by atoms with Crippen LogP contribution in [0, 0.1) is 11.7 Å². The number of esters is 1. The molecule has 1 fully saturated rings. The van der Waals surface area contributed by atoms with Crippen LogP contribution in [-0.4, -0.2) is 47.4 Å². The van der Waals surface area contributed by atoms with Crippen molar-refractivity contribution in [1.29, 1.82) is 0 Å². The topological polar surface area (TPSA) is 80.6 Å². The maximum Gasteiger partial charge on any atom is 0.354 e. The van der Waals surface area contributed by atoms with E-state index in [1.165, 1.54) is 31.4 Å². The Morgan fingerprint density at radius 3 is 2.38 bits per heavy atom. The molecule has 8 heteroatoms. The van der Waals surface area contributed by atoms with Gasteiger partial charge in [-0.1, -0.05) is 12.1 Å². The number of urea groups is 1. The van der Waals surface area contributed by atoms with E-state index < -0.39 is 5.97 Å². The van der Waals surface area contributed by atoms with E-state index >= 15 is 0 Å². The number of ketones is 1. The van der Waals surface area contributed by atoms with E-state index in [9.17, 15) is 18.8 Å². The van der Waals surface area contributed by atoms with Gasteiger partial charge in [0, 0.05) is 48.2 Å². The third-order valence-electron chi connectivity index (χ3n) is 5.97. The molecule has 7 nitrogen and oxygen atoms in total. The lowest BCUT2D eigenvalue weighted by molar-refractivity contribution is 0.0590. The number of aryl methyl sites for hydroxylation is 1. The molecule has 1 saturated heterocycles. The van der Waals surface area contributed by atoms with Crippen LogP contribution >= 0.6 is 0 Å². The Balaban J connectivity index is 1.41. The molecule has 32 heavy (non-hydrogen) atoms. The van der Waals surface area contributed by atoms with E-state index in [-0.39, 0.29) is 23.5 Å². The van der Waals surface area contributed by atoms with Crippen LogP contribution in [0.5, 0.6) is 0 Å². The number of hydrogen-bond acceptors (Lipinski definition) is 4. The number of Topliss-reactive ketones (excluding diaryl/α,β-unsaturated/α-hetero) is 1. The summed E-state index contributed by atoms with van der Waals surface area (Å²) < 4.78 is 19.6. The molecule has 0 atom stereocenters. The van der Waals surface area contributed by atoms with Crippen LogP contribution in [-0.2, 0) is 11.8 Å². The summed E-state index contributed by atoms with van der Waals surface area (Å²) in [5.74, 6) is -0.936. The standard InChI is InChI=1S/C24H24FN3O4/c1-27-20-14-17(4-3-16(20)13-21(27)23(30)32-2)22(29)15-9-11-28(12-10-15)24(31)26-19-7-5-18(25)6-8-19/h3-8,13-15H,9-12H2,1-2H3,(H,26,31). The van der Waals surface area contributed by atoms with Gasteiger partial charge in [0.05, 0.1) is 7.11 Å². The minimum absolute atomic E-state index is 0.0336. The molecule has 2 aromatic carbocycles. The molecule has 0 bridgehead atoms. The number of aromatic nitrogens is 1. The maximum atomic E-state index is 13.1. The zero-order valence-electron chi connectivity index (χ0n) is 17.9. The SMILES string of the molecule is COC(=O)c1cc2ccc(C(=O)C3CCN(C(=O)Nc4ccc(F)cc4)CC3)cc2n1C. The maximum absolute atomic E-state index is 13.1. The summed E-state index contributed by atoms with van der Waals surface area (Å²) in [6.45, 7) is 0.921. The minimum atomic E-state index is -0.428. The number of halogens is 1. The number of piperidine rings is 1. The molecular weight excluding hydrogens is 413 g/mol. The summed E-state index contributed by atoms with van der Waals surface area (Å²) >= 11 is 0. The molecule has 0 saturated carbocycles. The number of carbonyl (C=O) groups is 3. The lowest BCUT2D eigenvalue weighted by Crippen LogP contribution is -2.42. The minimum Gasteiger partial charge on any atom is -0.464 e. The first kappa shape index (κ1) is 21.5. The molecule has 2 heterocycles. The van der Waals surface area contributed by atoms with Gasteiger partial charge in [0.25, 0.3) is 0 Å². The van der Waals surface area contributed by atoms with Crippen molar-refractivity contribution < 1.29 is 23.5 Å². The van der Waals surface area contributed by atoms with Crippen molar-refractivity contribution >= 4 is 34.4 Å². The molecular formula is C24H24FN3O4. The second kappa shape index (κ2) is 8.82. The molecule has 2 amide bonds. The van der Waals surface area contributed by atoms with Crippen molar-refractivity contribution in [2.75, 3.05) is 25.5 Å². The predicted octanol–water partition coefficient (Wildman–Crippen LogP) is 4.23. The molecule has 1 aromatic heterocycles. The molecule has 3 aromatic rings. The molecule has 0 radical (unpaired) electrons. The summed E-state index contributed by atoms with van der Waals surface area (Å²) in [5.41, 5.74) is 2.32. The van der Waals surface area contributed by atoms with E-state index in [1.54, 1.807) is 34.7 Å². The summed E-state index contributed by atoms with van der Waals surface area (Å²) in [6, 6.07) is 12.5. The monoisotopic (exact) mass is 437 g/mol. The van der Waals surface area contributed by atoms with Gasteiger partial charge in [0.1, 0.15) is 11.5 Å². The predicted molar refractivity (Wildman–Crippen MR) is 118 cm³/mol. The fourth-order valence-electron chi connectivity index (χ4n) is 4.10. The quantitative estimate of drug-likeness (QED) is 0.489. The smallest absolute Gasteiger partial charge is 0.354 e. The van der Waals surface area contributed by atoms with Crippen LogP contribution in [0.1, 0.15) is 33.7 Å². The lowest BCUT2D eigenvalue weighted by Gasteiger charge is -2.31. The number of anilines is 1. The highest BCUT2D eigenvalue weighted by molar-refractivity contribution is 6.02. The molecule has 0 spiro atoms. The molecule has 1 aliphatic rings. The number of nitrogens with zero attached hydrogens (tertiary/aromatic N) is 2. The zero-order valence-corrected chi connectivity index (χ0v) is 17.9. The molecule has 1 aliphatic heterocycles. The number of methoxy groups -OCH3 is 1. The molecule has 0 aliphatic carbocycles. The normalized spacial score (nSPS) is 14.4. The Hall–Kier alpha value is -3.68. The number of likely N-dealkylation sites (tertiary alicyclic amines) is 1. The van der Waals surface area contributed by atoms with Crippen LogP contribution in [0.25, 0.3) is 10.9 Å². The number of rotatable bonds is 4. The highest BCUT2D eigenvalue weighted by Crippen LogP contribution is 2.26. The van der Waals surface area contributed by atoms with Gasteiger partial charge >= 0.3 is 12.0 Å². The first-order chi connectivity index (χ1) is 15.4. The Labute approximate surface area is 184 Å². The summed E-state index contributed by atoms with van der Waals surface area (Å²) in [7, 11) is 3.10. The third-order valence-corrected chi connectivity index (χ3v) is 5.97. The van der Waals surface area contributed by atoms with E-state index in [0.717, 1.165) is 10.9 Å². The van der Waals surface area contributed by atoms with Crippen molar-refractivity contribution in [2.24, 2.45) is 13.0 Å². The number of carbonyl (C=O) groups excluding carboxylic acids is 3. The van der Waals surface area contributed by atoms with Gasteiger partial charge in [-0.3, -0.25) is 4.79 Å². The average molecular weight is 437 g/mol. The number of amides is 2. The second-order valence-corrected chi connectivity index (χ2v) is 7.92. The van der Waals surface area contributed by atoms with Crippen LogP contribution in [0.15, 0.2) is 48.5 Å². The van der Waals surface area contributed by atoms with Crippen molar-refractivity contribution in [3.63, 3.8) is 0 Å². The van der Waals surface area contributed by atoms with E-state index in [2.05, 4.69) is 5.32 Å². The highest BCUT2D eigenvalue weighted by atomic mass is 19.1. The largest absolute Gasteiger partial charge is 0.464 e. The van der Waals surface area contributed by atoms with Gasteiger partial charge in [0.15, 0.2) is 5.78 Å². The van der Waals surface area contributed by atoms with Gasteiger partial charge in [-0.2, -0.15) is 0 Å². The zero-order chi connectivity index (χ0) is 22.8.